The van der Waals surface area contributed by atoms with Crippen LogP contribution in [-0.4, -0.2) is 20.3 Å². The highest BCUT2D eigenvalue weighted by Gasteiger charge is 2.15. The first-order chi connectivity index (χ1) is 7.68. The zero-order valence-corrected chi connectivity index (χ0v) is 8.41. The first-order valence-electron chi connectivity index (χ1n) is 4.78. The SMILES string of the molecule is Oc1ccc(O)c(C(O)c2cccnc2)c1. The summed E-state index contributed by atoms with van der Waals surface area (Å²) in [5.41, 5.74) is 0.816. The van der Waals surface area contributed by atoms with Gasteiger partial charge in [-0.05, 0) is 24.3 Å². The third kappa shape index (κ3) is 1.97. The minimum Gasteiger partial charge on any atom is -0.508 e. The van der Waals surface area contributed by atoms with Gasteiger partial charge in [-0.3, -0.25) is 4.98 Å². The monoisotopic (exact) mass is 217 g/mol. The maximum Gasteiger partial charge on any atom is 0.122 e. The molecule has 16 heavy (non-hydrogen) atoms. The van der Waals surface area contributed by atoms with Crippen molar-refractivity contribution in [2.45, 2.75) is 6.10 Å². The third-order valence-corrected chi connectivity index (χ3v) is 2.31. The highest BCUT2D eigenvalue weighted by molar-refractivity contribution is 5.43. The lowest BCUT2D eigenvalue weighted by Gasteiger charge is -2.12. The molecule has 4 nitrogen and oxygen atoms in total. The Hall–Kier alpha value is -2.07. The first kappa shape index (κ1) is 10.4. The van der Waals surface area contributed by atoms with E-state index in [0.717, 1.165) is 0 Å². The smallest absolute Gasteiger partial charge is 0.122 e. The van der Waals surface area contributed by atoms with E-state index in [2.05, 4.69) is 4.98 Å². The topological polar surface area (TPSA) is 73.6 Å². The number of aromatic nitrogens is 1. The minimum atomic E-state index is -0.999. The number of phenols is 2. The highest BCUT2D eigenvalue weighted by atomic mass is 16.3. The molecule has 2 rings (SSSR count). The molecule has 1 aromatic heterocycles. The molecule has 2 aromatic rings. The summed E-state index contributed by atoms with van der Waals surface area (Å²) in [6, 6.07) is 7.41. The highest BCUT2D eigenvalue weighted by Crippen LogP contribution is 2.31. The molecule has 0 aliphatic heterocycles. The van der Waals surface area contributed by atoms with Gasteiger partial charge in [0.15, 0.2) is 0 Å². The molecule has 1 unspecified atom stereocenters. The molecule has 3 N–H and O–H groups in total. The van der Waals surface area contributed by atoms with Crippen LogP contribution in [0.5, 0.6) is 11.5 Å². The van der Waals surface area contributed by atoms with Crippen LogP contribution in [-0.2, 0) is 0 Å². The van der Waals surface area contributed by atoms with Crippen molar-refractivity contribution in [1.29, 1.82) is 0 Å². The summed E-state index contributed by atoms with van der Waals surface area (Å²) in [5, 5.41) is 28.9. The number of aliphatic hydroxyl groups excluding tert-OH is 1. The molecule has 4 heteroatoms. The van der Waals surface area contributed by atoms with Crippen molar-refractivity contribution in [1.82, 2.24) is 4.98 Å². The normalized spacial score (nSPS) is 12.3. The number of pyridine rings is 1. The van der Waals surface area contributed by atoms with Crippen LogP contribution in [0.25, 0.3) is 0 Å². The average molecular weight is 217 g/mol. The van der Waals surface area contributed by atoms with Gasteiger partial charge in [0.05, 0.1) is 0 Å². The van der Waals surface area contributed by atoms with Gasteiger partial charge < -0.3 is 15.3 Å². The Morgan fingerprint density at radius 2 is 1.94 bits per heavy atom. The standard InChI is InChI=1S/C12H11NO3/c14-9-3-4-11(15)10(6-9)12(16)8-2-1-5-13-7-8/h1-7,12,14-16H. The predicted molar refractivity (Wildman–Crippen MR) is 58.1 cm³/mol. The number of aromatic hydroxyl groups is 2. The Kier molecular flexibility index (Phi) is 2.74. The summed E-state index contributed by atoms with van der Waals surface area (Å²) >= 11 is 0. The molecule has 0 radical (unpaired) electrons. The Morgan fingerprint density at radius 1 is 1.12 bits per heavy atom. The fourth-order valence-electron chi connectivity index (χ4n) is 1.48. The van der Waals surface area contributed by atoms with E-state index in [1.807, 2.05) is 0 Å². The predicted octanol–water partition coefficient (Wildman–Crippen LogP) is 1.57. The lowest BCUT2D eigenvalue weighted by Crippen LogP contribution is -2.00. The summed E-state index contributed by atoms with van der Waals surface area (Å²) in [4.78, 5) is 3.88. The van der Waals surface area contributed by atoms with Crippen LogP contribution in [0.4, 0.5) is 0 Å². The molecule has 1 atom stereocenters. The Labute approximate surface area is 92.5 Å². The van der Waals surface area contributed by atoms with E-state index in [4.69, 9.17) is 0 Å². The van der Waals surface area contributed by atoms with Crippen LogP contribution in [0.3, 0.4) is 0 Å². The van der Waals surface area contributed by atoms with E-state index in [0.29, 0.717) is 5.56 Å². The third-order valence-electron chi connectivity index (χ3n) is 2.31. The van der Waals surface area contributed by atoms with E-state index in [-0.39, 0.29) is 17.1 Å². The van der Waals surface area contributed by atoms with Crippen molar-refractivity contribution in [2.75, 3.05) is 0 Å². The molecule has 0 saturated carbocycles. The molecule has 0 aliphatic carbocycles. The molecule has 0 bridgehead atoms. The lowest BCUT2D eigenvalue weighted by molar-refractivity contribution is 0.214. The molecular formula is C12H11NO3. The van der Waals surface area contributed by atoms with Crippen LogP contribution >= 0.6 is 0 Å². The van der Waals surface area contributed by atoms with Gasteiger partial charge in [0, 0.05) is 23.5 Å². The fraction of sp³-hybridized carbons (Fsp3) is 0.0833. The van der Waals surface area contributed by atoms with Crippen LogP contribution in [0.15, 0.2) is 42.7 Å². The van der Waals surface area contributed by atoms with Gasteiger partial charge in [-0.15, -0.1) is 0 Å². The van der Waals surface area contributed by atoms with E-state index in [1.54, 1.807) is 18.3 Å². The number of benzene rings is 1. The van der Waals surface area contributed by atoms with E-state index in [1.165, 1.54) is 24.4 Å². The van der Waals surface area contributed by atoms with Crippen LogP contribution < -0.4 is 0 Å². The quantitative estimate of drug-likeness (QED) is 0.667. The number of hydrogen-bond acceptors (Lipinski definition) is 4. The molecule has 0 fully saturated rings. The second kappa shape index (κ2) is 4.20. The van der Waals surface area contributed by atoms with E-state index < -0.39 is 6.10 Å². The number of phenolic OH excluding ortho intramolecular Hbond substituents is 2. The van der Waals surface area contributed by atoms with Gasteiger partial charge in [0.25, 0.3) is 0 Å². The van der Waals surface area contributed by atoms with Gasteiger partial charge >= 0.3 is 0 Å². The summed E-state index contributed by atoms with van der Waals surface area (Å²) in [5.74, 6) is -0.0649. The largest absolute Gasteiger partial charge is 0.508 e. The van der Waals surface area contributed by atoms with Gasteiger partial charge in [0.2, 0.25) is 0 Å². The number of hydrogen-bond donors (Lipinski definition) is 3. The molecule has 1 aromatic carbocycles. The summed E-state index contributed by atoms with van der Waals surface area (Å²) in [6.45, 7) is 0. The van der Waals surface area contributed by atoms with Crippen LogP contribution in [0.2, 0.25) is 0 Å². The Morgan fingerprint density at radius 3 is 2.62 bits per heavy atom. The zero-order valence-electron chi connectivity index (χ0n) is 8.41. The zero-order chi connectivity index (χ0) is 11.5. The number of rotatable bonds is 2. The summed E-state index contributed by atoms with van der Waals surface area (Å²) in [6.07, 6.45) is 2.10. The average Bonchev–Trinajstić information content (AvgIpc) is 2.32. The van der Waals surface area contributed by atoms with Crippen molar-refractivity contribution >= 4 is 0 Å². The second-order valence-corrected chi connectivity index (χ2v) is 3.43. The Balaban J connectivity index is 2.41. The minimum absolute atomic E-state index is 0.00394. The molecule has 82 valence electrons. The summed E-state index contributed by atoms with van der Waals surface area (Å²) in [7, 11) is 0. The van der Waals surface area contributed by atoms with Crippen molar-refractivity contribution < 1.29 is 15.3 Å². The van der Waals surface area contributed by atoms with Gasteiger partial charge in [-0.2, -0.15) is 0 Å². The maximum absolute atomic E-state index is 9.99. The first-order valence-corrected chi connectivity index (χ1v) is 4.78. The van der Waals surface area contributed by atoms with Gasteiger partial charge in [-0.25, -0.2) is 0 Å². The maximum atomic E-state index is 9.99. The Bertz CT molecular complexity index is 485. The molecule has 0 spiro atoms. The van der Waals surface area contributed by atoms with Crippen LogP contribution in [0, 0.1) is 0 Å². The van der Waals surface area contributed by atoms with E-state index >= 15 is 0 Å². The van der Waals surface area contributed by atoms with Crippen molar-refractivity contribution in [3.63, 3.8) is 0 Å². The number of nitrogens with zero attached hydrogens (tertiary/aromatic N) is 1. The molecule has 0 amide bonds. The second-order valence-electron chi connectivity index (χ2n) is 3.43. The molecule has 0 saturated heterocycles. The van der Waals surface area contributed by atoms with Gasteiger partial charge in [0.1, 0.15) is 17.6 Å². The van der Waals surface area contributed by atoms with Gasteiger partial charge in [-0.1, -0.05) is 6.07 Å². The molecule has 0 aliphatic rings. The summed E-state index contributed by atoms with van der Waals surface area (Å²) < 4.78 is 0. The number of aliphatic hydroxyl groups is 1. The van der Waals surface area contributed by atoms with Crippen molar-refractivity contribution in [2.24, 2.45) is 0 Å². The fourth-order valence-corrected chi connectivity index (χ4v) is 1.48. The van der Waals surface area contributed by atoms with E-state index in [9.17, 15) is 15.3 Å². The molecule has 1 heterocycles. The van der Waals surface area contributed by atoms with Crippen molar-refractivity contribution in [3.05, 3.63) is 53.9 Å². The lowest BCUT2D eigenvalue weighted by atomic mass is 10.0. The molecular weight excluding hydrogens is 206 g/mol. The van der Waals surface area contributed by atoms with Crippen LogP contribution in [0.1, 0.15) is 17.2 Å². The van der Waals surface area contributed by atoms with Crippen molar-refractivity contribution in [3.8, 4) is 11.5 Å².